The molecule has 1 rings (SSSR count). The average Bonchev–Trinajstić information content (AvgIpc) is 2.07. The summed E-state index contributed by atoms with van der Waals surface area (Å²) in [5.41, 5.74) is 0.743. The molecule has 0 N–H and O–H groups in total. The molecule has 0 aromatic rings. The Labute approximate surface area is 71.4 Å². The minimum Gasteiger partial charge on any atom is -0.0649 e. The van der Waals surface area contributed by atoms with Gasteiger partial charge in [0.05, 0.1) is 0 Å². The molecule has 0 heteroatoms. The first-order valence-corrected chi connectivity index (χ1v) is 5.22. The van der Waals surface area contributed by atoms with E-state index in [-0.39, 0.29) is 0 Å². The first kappa shape index (κ1) is 9.09. The smallest absolute Gasteiger partial charge is 0.0302 e. The summed E-state index contributed by atoms with van der Waals surface area (Å²) < 4.78 is 0. The van der Waals surface area contributed by atoms with Crippen molar-refractivity contribution in [1.29, 1.82) is 0 Å². The maximum absolute atomic E-state index is 2.40. The van der Waals surface area contributed by atoms with E-state index in [1.165, 1.54) is 38.5 Å². The quantitative estimate of drug-likeness (QED) is 0.564. The minimum absolute atomic E-state index is 0.743. The Kier molecular flexibility index (Phi) is 2.98. The van der Waals surface area contributed by atoms with Gasteiger partial charge < -0.3 is 0 Å². The van der Waals surface area contributed by atoms with Crippen molar-refractivity contribution in [3.8, 4) is 0 Å². The molecule has 0 amide bonds. The molecule has 1 saturated carbocycles. The lowest BCUT2D eigenvalue weighted by molar-refractivity contribution is 0.143. The van der Waals surface area contributed by atoms with Gasteiger partial charge in [-0.1, -0.05) is 46.5 Å². The Bertz CT molecular complexity index is 101. The fraction of sp³-hybridized carbons (Fsp3) is 1.00. The highest BCUT2D eigenvalue weighted by Gasteiger charge is 2.30. The lowest BCUT2D eigenvalue weighted by Crippen LogP contribution is -2.25. The van der Waals surface area contributed by atoms with E-state index < -0.39 is 0 Å². The summed E-state index contributed by atoms with van der Waals surface area (Å²) in [6.45, 7) is 7.12. The Balaban J connectivity index is 2.45. The minimum atomic E-state index is 0.743. The van der Waals surface area contributed by atoms with Crippen molar-refractivity contribution in [2.75, 3.05) is 0 Å². The average molecular weight is 154 g/mol. The first-order chi connectivity index (χ1) is 5.22. The summed E-state index contributed by atoms with van der Waals surface area (Å²) in [6, 6.07) is 0. The SMILES string of the molecule is CCC1(CC)CCC(C)CC1. The molecule has 0 nitrogen and oxygen atoms in total. The van der Waals surface area contributed by atoms with Crippen LogP contribution in [0.3, 0.4) is 0 Å². The van der Waals surface area contributed by atoms with E-state index in [4.69, 9.17) is 0 Å². The van der Waals surface area contributed by atoms with Crippen molar-refractivity contribution < 1.29 is 0 Å². The van der Waals surface area contributed by atoms with Gasteiger partial charge in [0.1, 0.15) is 0 Å². The monoisotopic (exact) mass is 154 g/mol. The van der Waals surface area contributed by atoms with Gasteiger partial charge in [0.2, 0.25) is 0 Å². The fourth-order valence-corrected chi connectivity index (χ4v) is 2.33. The Morgan fingerprint density at radius 1 is 1.09 bits per heavy atom. The fourth-order valence-electron chi connectivity index (χ4n) is 2.33. The molecule has 66 valence electrons. The topological polar surface area (TPSA) is 0 Å². The Morgan fingerprint density at radius 2 is 1.55 bits per heavy atom. The summed E-state index contributed by atoms with van der Waals surface area (Å²) in [5, 5.41) is 0. The summed E-state index contributed by atoms with van der Waals surface area (Å²) in [6.07, 6.45) is 8.72. The van der Waals surface area contributed by atoms with Crippen LogP contribution < -0.4 is 0 Å². The van der Waals surface area contributed by atoms with Crippen molar-refractivity contribution in [1.82, 2.24) is 0 Å². The molecule has 0 aromatic heterocycles. The third-order valence-electron chi connectivity index (χ3n) is 3.83. The van der Waals surface area contributed by atoms with Gasteiger partial charge >= 0.3 is 0 Å². The maximum atomic E-state index is 2.40. The molecule has 1 aliphatic carbocycles. The van der Waals surface area contributed by atoms with E-state index in [0.717, 1.165) is 11.3 Å². The molecule has 0 radical (unpaired) electrons. The van der Waals surface area contributed by atoms with Crippen LogP contribution in [0.5, 0.6) is 0 Å². The summed E-state index contributed by atoms with van der Waals surface area (Å²) in [7, 11) is 0. The summed E-state index contributed by atoms with van der Waals surface area (Å²) >= 11 is 0. The molecular formula is C11H22. The van der Waals surface area contributed by atoms with Gasteiger partial charge in [-0.05, 0) is 24.2 Å². The predicted molar refractivity (Wildman–Crippen MR) is 50.6 cm³/mol. The second-order valence-electron chi connectivity index (χ2n) is 4.39. The third-order valence-corrected chi connectivity index (χ3v) is 3.83. The van der Waals surface area contributed by atoms with Gasteiger partial charge in [0.15, 0.2) is 0 Å². The normalized spacial score (nSPS) is 25.4. The van der Waals surface area contributed by atoms with Gasteiger partial charge in [-0.3, -0.25) is 0 Å². The highest BCUT2D eigenvalue weighted by atomic mass is 14.4. The lowest BCUT2D eigenvalue weighted by atomic mass is 9.68. The van der Waals surface area contributed by atoms with Crippen molar-refractivity contribution >= 4 is 0 Å². The van der Waals surface area contributed by atoms with Gasteiger partial charge in [-0.2, -0.15) is 0 Å². The molecule has 0 heterocycles. The Hall–Kier alpha value is 0. The molecule has 0 unspecified atom stereocenters. The summed E-state index contributed by atoms with van der Waals surface area (Å²) in [5.74, 6) is 1.00. The van der Waals surface area contributed by atoms with Crippen molar-refractivity contribution in [3.05, 3.63) is 0 Å². The maximum Gasteiger partial charge on any atom is -0.0302 e. The molecule has 1 fully saturated rings. The van der Waals surface area contributed by atoms with Crippen molar-refractivity contribution in [2.45, 2.75) is 59.3 Å². The van der Waals surface area contributed by atoms with Crippen molar-refractivity contribution in [2.24, 2.45) is 11.3 Å². The van der Waals surface area contributed by atoms with Crippen LogP contribution in [0.15, 0.2) is 0 Å². The second-order valence-corrected chi connectivity index (χ2v) is 4.39. The predicted octanol–water partition coefficient (Wildman–Crippen LogP) is 4.00. The van der Waals surface area contributed by atoms with Gasteiger partial charge in [-0.15, -0.1) is 0 Å². The van der Waals surface area contributed by atoms with Crippen LogP contribution in [-0.4, -0.2) is 0 Å². The standard InChI is InChI=1S/C11H22/c1-4-11(5-2)8-6-10(3)7-9-11/h10H,4-9H2,1-3H3. The lowest BCUT2D eigenvalue weighted by Gasteiger charge is -2.38. The molecule has 0 saturated heterocycles. The molecule has 0 aromatic carbocycles. The first-order valence-electron chi connectivity index (χ1n) is 5.22. The molecular weight excluding hydrogens is 132 g/mol. The van der Waals surface area contributed by atoms with E-state index in [1.807, 2.05) is 0 Å². The second kappa shape index (κ2) is 3.60. The molecule has 11 heavy (non-hydrogen) atoms. The van der Waals surface area contributed by atoms with E-state index >= 15 is 0 Å². The number of hydrogen-bond acceptors (Lipinski definition) is 0. The zero-order valence-corrected chi connectivity index (χ0v) is 8.32. The van der Waals surface area contributed by atoms with Crippen LogP contribution in [0.2, 0.25) is 0 Å². The van der Waals surface area contributed by atoms with E-state index in [0.29, 0.717) is 0 Å². The van der Waals surface area contributed by atoms with Crippen LogP contribution in [0, 0.1) is 11.3 Å². The van der Waals surface area contributed by atoms with E-state index in [2.05, 4.69) is 20.8 Å². The van der Waals surface area contributed by atoms with Gasteiger partial charge in [0.25, 0.3) is 0 Å². The van der Waals surface area contributed by atoms with Crippen LogP contribution >= 0.6 is 0 Å². The third kappa shape index (κ3) is 1.98. The Morgan fingerprint density at radius 3 is 1.91 bits per heavy atom. The highest BCUT2D eigenvalue weighted by Crippen LogP contribution is 2.43. The number of rotatable bonds is 2. The molecule has 0 bridgehead atoms. The van der Waals surface area contributed by atoms with Gasteiger partial charge in [0, 0.05) is 0 Å². The largest absolute Gasteiger partial charge is 0.0649 e. The van der Waals surface area contributed by atoms with E-state index in [1.54, 1.807) is 0 Å². The van der Waals surface area contributed by atoms with Crippen LogP contribution in [0.25, 0.3) is 0 Å². The van der Waals surface area contributed by atoms with Crippen molar-refractivity contribution in [3.63, 3.8) is 0 Å². The van der Waals surface area contributed by atoms with Gasteiger partial charge in [-0.25, -0.2) is 0 Å². The molecule has 0 spiro atoms. The van der Waals surface area contributed by atoms with E-state index in [9.17, 15) is 0 Å². The molecule has 0 aliphatic heterocycles. The number of hydrogen-bond donors (Lipinski definition) is 0. The van der Waals surface area contributed by atoms with Crippen LogP contribution in [-0.2, 0) is 0 Å². The van der Waals surface area contributed by atoms with Crippen LogP contribution in [0.1, 0.15) is 59.3 Å². The molecule has 1 aliphatic rings. The zero-order chi connectivity index (χ0) is 8.32. The highest BCUT2D eigenvalue weighted by molar-refractivity contribution is 4.82. The summed E-state index contributed by atoms with van der Waals surface area (Å²) in [4.78, 5) is 0. The van der Waals surface area contributed by atoms with Crippen LogP contribution in [0.4, 0.5) is 0 Å². The molecule has 0 atom stereocenters. The zero-order valence-electron chi connectivity index (χ0n) is 8.32.